The Morgan fingerprint density at radius 2 is 1.88 bits per heavy atom. The average molecular weight is 491 g/mol. The molecule has 6 nitrogen and oxygen atoms in total. The zero-order chi connectivity index (χ0) is 23.3. The maximum absolute atomic E-state index is 13.1. The molecule has 33 heavy (non-hydrogen) atoms. The molecule has 2 saturated heterocycles. The molecule has 2 aliphatic heterocycles. The fourth-order valence-electron chi connectivity index (χ4n) is 4.86. The Bertz CT molecular complexity index is 1060. The van der Waals surface area contributed by atoms with Crippen LogP contribution in [0, 0.1) is 5.92 Å². The van der Waals surface area contributed by atoms with E-state index in [0.717, 1.165) is 12.8 Å². The van der Waals surface area contributed by atoms with Crippen molar-refractivity contribution in [3.63, 3.8) is 0 Å². The van der Waals surface area contributed by atoms with Crippen LogP contribution < -0.4 is 5.32 Å². The molecule has 1 amide bonds. The van der Waals surface area contributed by atoms with E-state index in [4.69, 9.17) is 16.3 Å². The summed E-state index contributed by atoms with van der Waals surface area (Å²) < 4.78 is 33.1. The Hall–Kier alpha value is -1.93. The van der Waals surface area contributed by atoms with Gasteiger partial charge in [0.2, 0.25) is 15.9 Å². The summed E-state index contributed by atoms with van der Waals surface area (Å²) in [7, 11) is -3.53. The number of halogens is 1. The highest BCUT2D eigenvalue weighted by molar-refractivity contribution is 7.88. The Labute approximate surface area is 201 Å². The van der Waals surface area contributed by atoms with Gasteiger partial charge in [0.25, 0.3) is 0 Å². The molecule has 2 aliphatic rings. The second-order valence-electron chi connectivity index (χ2n) is 9.06. The molecular weight excluding hydrogens is 460 g/mol. The van der Waals surface area contributed by atoms with Gasteiger partial charge in [0.05, 0.1) is 11.7 Å². The third kappa shape index (κ3) is 5.96. The third-order valence-electron chi connectivity index (χ3n) is 6.82. The van der Waals surface area contributed by atoms with E-state index in [1.54, 1.807) is 24.3 Å². The van der Waals surface area contributed by atoms with Crippen LogP contribution in [-0.4, -0.2) is 51.5 Å². The number of ether oxygens (including phenoxy) is 1. The second kappa shape index (κ2) is 10.6. The SMILES string of the molecule is O=C(NCC1(c2ccccc2)CCOCC1)[C@@H]1CCCN(S(=O)(=O)Cc2cccc(Cl)c2)C1. The highest BCUT2D eigenvalue weighted by atomic mass is 35.5. The van der Waals surface area contributed by atoms with E-state index in [1.807, 2.05) is 18.2 Å². The molecular formula is C25H31ClN2O4S. The van der Waals surface area contributed by atoms with E-state index in [-0.39, 0.29) is 29.5 Å². The van der Waals surface area contributed by atoms with Crippen molar-refractivity contribution in [3.8, 4) is 0 Å². The fraction of sp³-hybridized carbons (Fsp3) is 0.480. The highest BCUT2D eigenvalue weighted by Crippen LogP contribution is 2.34. The maximum atomic E-state index is 13.1. The molecule has 0 unspecified atom stereocenters. The van der Waals surface area contributed by atoms with Gasteiger partial charge in [-0.15, -0.1) is 0 Å². The van der Waals surface area contributed by atoms with Crippen molar-refractivity contribution in [1.29, 1.82) is 0 Å². The monoisotopic (exact) mass is 490 g/mol. The first-order chi connectivity index (χ1) is 15.9. The van der Waals surface area contributed by atoms with Crippen molar-refractivity contribution in [1.82, 2.24) is 9.62 Å². The number of sulfonamides is 1. The van der Waals surface area contributed by atoms with E-state index in [9.17, 15) is 13.2 Å². The quantitative estimate of drug-likeness (QED) is 0.641. The predicted octanol–water partition coefficient (Wildman–Crippen LogP) is 3.75. The molecule has 1 N–H and O–H groups in total. The summed E-state index contributed by atoms with van der Waals surface area (Å²) >= 11 is 6.01. The van der Waals surface area contributed by atoms with Crippen LogP contribution in [0.5, 0.6) is 0 Å². The van der Waals surface area contributed by atoms with Crippen molar-refractivity contribution in [3.05, 3.63) is 70.7 Å². The predicted molar refractivity (Wildman–Crippen MR) is 130 cm³/mol. The van der Waals surface area contributed by atoms with Crippen LogP contribution >= 0.6 is 11.6 Å². The molecule has 1 atom stereocenters. The van der Waals surface area contributed by atoms with Gasteiger partial charge in [0.1, 0.15) is 0 Å². The van der Waals surface area contributed by atoms with Crippen LogP contribution in [0.2, 0.25) is 5.02 Å². The minimum Gasteiger partial charge on any atom is -0.381 e. The Kier molecular flexibility index (Phi) is 7.74. The normalized spacial score (nSPS) is 21.4. The van der Waals surface area contributed by atoms with Crippen molar-refractivity contribution < 1.29 is 17.9 Å². The molecule has 0 saturated carbocycles. The van der Waals surface area contributed by atoms with E-state index < -0.39 is 10.0 Å². The molecule has 178 valence electrons. The lowest BCUT2D eigenvalue weighted by molar-refractivity contribution is -0.126. The standard InChI is InChI=1S/C25H31ClN2O4S/c26-23-10-4-6-20(16-23)18-33(30,31)28-13-5-7-21(17-28)24(29)27-19-25(11-14-32-15-12-25)22-8-2-1-3-9-22/h1-4,6,8-10,16,21H,5,7,11-15,17-19H2,(H,27,29)/t21-/m1/s1. The molecule has 0 aliphatic carbocycles. The number of nitrogens with zero attached hydrogens (tertiary/aromatic N) is 1. The average Bonchev–Trinajstić information content (AvgIpc) is 2.83. The summed E-state index contributed by atoms with van der Waals surface area (Å²) in [6.07, 6.45) is 3.06. The number of piperidine rings is 1. The molecule has 0 aromatic heterocycles. The lowest BCUT2D eigenvalue weighted by atomic mass is 9.74. The van der Waals surface area contributed by atoms with Gasteiger partial charge in [-0.3, -0.25) is 4.79 Å². The summed E-state index contributed by atoms with van der Waals surface area (Å²) in [4.78, 5) is 13.1. The van der Waals surface area contributed by atoms with Gasteiger partial charge in [-0.05, 0) is 48.9 Å². The molecule has 0 spiro atoms. The Morgan fingerprint density at radius 3 is 2.61 bits per heavy atom. The van der Waals surface area contributed by atoms with Gasteiger partial charge in [-0.1, -0.05) is 54.1 Å². The smallest absolute Gasteiger partial charge is 0.224 e. The number of carbonyl (C=O) groups excluding carboxylic acids is 1. The molecule has 2 heterocycles. The Balaban J connectivity index is 1.40. The molecule has 2 aromatic carbocycles. The molecule has 2 aromatic rings. The van der Waals surface area contributed by atoms with E-state index in [1.165, 1.54) is 9.87 Å². The van der Waals surface area contributed by atoms with E-state index in [2.05, 4.69) is 17.4 Å². The van der Waals surface area contributed by atoms with Gasteiger partial charge < -0.3 is 10.1 Å². The number of amides is 1. The van der Waals surface area contributed by atoms with E-state index in [0.29, 0.717) is 49.7 Å². The van der Waals surface area contributed by atoms with Crippen molar-refractivity contribution in [2.24, 2.45) is 5.92 Å². The fourth-order valence-corrected chi connectivity index (χ4v) is 6.67. The summed E-state index contributed by atoms with van der Waals surface area (Å²) in [5, 5.41) is 3.67. The van der Waals surface area contributed by atoms with Crippen LogP contribution in [0.3, 0.4) is 0 Å². The van der Waals surface area contributed by atoms with Gasteiger partial charge in [-0.25, -0.2) is 12.7 Å². The molecule has 2 fully saturated rings. The topological polar surface area (TPSA) is 75.7 Å². The lowest BCUT2D eigenvalue weighted by Gasteiger charge is -2.38. The molecule has 4 rings (SSSR count). The lowest BCUT2D eigenvalue weighted by Crippen LogP contribution is -2.49. The van der Waals surface area contributed by atoms with Gasteiger partial charge >= 0.3 is 0 Å². The van der Waals surface area contributed by atoms with Gasteiger partial charge in [0, 0.05) is 43.3 Å². The molecule has 0 bridgehead atoms. The summed E-state index contributed by atoms with van der Waals surface area (Å²) in [5.74, 6) is -0.529. The van der Waals surface area contributed by atoms with Crippen LogP contribution in [0.4, 0.5) is 0 Å². The Morgan fingerprint density at radius 1 is 1.12 bits per heavy atom. The first kappa shape index (κ1) is 24.2. The van der Waals surface area contributed by atoms with E-state index >= 15 is 0 Å². The van der Waals surface area contributed by atoms with Crippen LogP contribution in [-0.2, 0) is 30.7 Å². The second-order valence-corrected chi connectivity index (χ2v) is 11.5. The highest BCUT2D eigenvalue weighted by Gasteiger charge is 2.37. The van der Waals surface area contributed by atoms with Crippen molar-refractivity contribution >= 4 is 27.5 Å². The minimum atomic E-state index is -3.53. The number of hydrogen-bond acceptors (Lipinski definition) is 4. The van der Waals surface area contributed by atoms with Crippen LogP contribution in [0.15, 0.2) is 54.6 Å². The van der Waals surface area contributed by atoms with Crippen molar-refractivity contribution in [2.45, 2.75) is 36.9 Å². The summed E-state index contributed by atoms with van der Waals surface area (Å²) in [6.45, 7) is 2.53. The number of benzene rings is 2. The first-order valence-electron chi connectivity index (χ1n) is 11.5. The first-order valence-corrected chi connectivity index (χ1v) is 13.5. The number of nitrogens with one attached hydrogen (secondary N) is 1. The van der Waals surface area contributed by atoms with Crippen LogP contribution in [0.25, 0.3) is 0 Å². The van der Waals surface area contributed by atoms with Crippen LogP contribution in [0.1, 0.15) is 36.8 Å². The summed E-state index contributed by atoms with van der Waals surface area (Å²) in [5.41, 5.74) is 1.71. The van der Waals surface area contributed by atoms with Crippen molar-refractivity contribution in [2.75, 3.05) is 32.8 Å². The van der Waals surface area contributed by atoms with Gasteiger partial charge in [-0.2, -0.15) is 0 Å². The summed E-state index contributed by atoms with van der Waals surface area (Å²) in [6, 6.07) is 17.2. The number of rotatable bonds is 7. The molecule has 0 radical (unpaired) electrons. The zero-order valence-corrected chi connectivity index (χ0v) is 20.3. The number of hydrogen-bond donors (Lipinski definition) is 1. The van der Waals surface area contributed by atoms with Gasteiger partial charge in [0.15, 0.2) is 0 Å². The minimum absolute atomic E-state index is 0.0700. The zero-order valence-electron chi connectivity index (χ0n) is 18.7. The molecule has 8 heteroatoms. The maximum Gasteiger partial charge on any atom is 0.224 e. The third-order valence-corrected chi connectivity index (χ3v) is 8.88. The number of carbonyl (C=O) groups is 1. The largest absolute Gasteiger partial charge is 0.381 e.